The maximum absolute atomic E-state index is 12.2. The van der Waals surface area contributed by atoms with Crippen LogP contribution in [0.4, 0.5) is 0 Å². The van der Waals surface area contributed by atoms with Gasteiger partial charge in [-0.3, -0.25) is 25.7 Å². The Labute approximate surface area is 251 Å². The Morgan fingerprint density at radius 2 is 1.17 bits per heavy atom. The highest BCUT2D eigenvalue weighted by Gasteiger charge is 2.21. The maximum Gasteiger partial charge on any atom is 0.326 e. The van der Waals surface area contributed by atoms with Gasteiger partial charge in [0, 0.05) is 32.9 Å². The average molecular weight is 603 g/mol. The van der Waals surface area contributed by atoms with Crippen LogP contribution in [0.5, 0.6) is 0 Å². The fraction of sp³-hybridized carbons (Fsp3) is 0.867. The number of nitrogens with two attached hydrogens (primary N) is 1. The number of carboxylic acid groups (broad SMARTS) is 2. The van der Waals surface area contributed by atoms with Crippen molar-refractivity contribution in [3.63, 3.8) is 0 Å². The summed E-state index contributed by atoms with van der Waals surface area (Å²) >= 11 is 0. The number of carboxylic acids is 2. The maximum atomic E-state index is 12.2. The van der Waals surface area contributed by atoms with Gasteiger partial charge in [-0.25, -0.2) is 4.79 Å². The number of aliphatic hydroxyl groups excluding tert-OH is 1. The second kappa shape index (κ2) is 27.5. The van der Waals surface area contributed by atoms with Crippen molar-refractivity contribution >= 4 is 23.8 Å². The van der Waals surface area contributed by atoms with Gasteiger partial charge in [0.15, 0.2) is 6.29 Å². The number of hydrogen-bond donors (Lipinski definition) is 7. The monoisotopic (exact) mass is 602 g/mol. The van der Waals surface area contributed by atoms with Gasteiger partial charge in [-0.2, -0.15) is 0 Å². The first-order valence-corrected chi connectivity index (χ1v) is 15.9. The summed E-state index contributed by atoms with van der Waals surface area (Å²) in [7, 11) is 1.38. The van der Waals surface area contributed by atoms with E-state index in [9.17, 15) is 29.4 Å². The third-order valence-corrected chi connectivity index (χ3v) is 7.40. The highest BCUT2D eigenvalue weighted by molar-refractivity contribution is 5.84. The molecule has 2 amide bonds. The molecule has 0 saturated heterocycles. The minimum atomic E-state index is -1.15. The molecule has 0 aromatic carbocycles. The first-order chi connectivity index (χ1) is 20.2. The number of unbranched alkanes of at least 4 members (excludes halogenated alkanes) is 14. The van der Waals surface area contributed by atoms with Gasteiger partial charge in [-0.1, -0.05) is 77.0 Å². The number of rotatable bonds is 30. The Kier molecular flexibility index (Phi) is 26.1. The van der Waals surface area contributed by atoms with Crippen LogP contribution >= 0.6 is 0 Å². The van der Waals surface area contributed by atoms with Gasteiger partial charge in [-0.05, 0) is 38.5 Å². The molecule has 0 aliphatic heterocycles. The van der Waals surface area contributed by atoms with E-state index >= 15 is 0 Å². The van der Waals surface area contributed by atoms with E-state index in [1.165, 1.54) is 52.1 Å². The lowest BCUT2D eigenvalue weighted by molar-refractivity contribution is -0.142. The van der Waals surface area contributed by atoms with Crippen LogP contribution < -0.4 is 21.9 Å². The predicted molar refractivity (Wildman–Crippen MR) is 161 cm³/mol. The molecule has 0 saturated carbocycles. The summed E-state index contributed by atoms with van der Waals surface area (Å²) in [5.74, 6) is 2.95. The zero-order chi connectivity index (χ0) is 31.4. The lowest BCUT2D eigenvalue weighted by Crippen LogP contribution is -2.44. The first-order valence-electron chi connectivity index (χ1n) is 15.9. The van der Waals surface area contributed by atoms with Crippen LogP contribution in [-0.2, 0) is 23.9 Å². The smallest absolute Gasteiger partial charge is 0.326 e. The topological polar surface area (TPSA) is 200 Å². The van der Waals surface area contributed by atoms with Gasteiger partial charge in [0.05, 0.1) is 6.04 Å². The summed E-state index contributed by atoms with van der Waals surface area (Å²) in [5.41, 5.74) is 2.49. The summed E-state index contributed by atoms with van der Waals surface area (Å²) in [6.45, 7) is 0.419. The van der Waals surface area contributed by atoms with Crippen molar-refractivity contribution in [1.82, 2.24) is 16.1 Å². The van der Waals surface area contributed by atoms with E-state index in [0.717, 1.165) is 38.5 Å². The Hall–Kier alpha value is -2.28. The van der Waals surface area contributed by atoms with Crippen LogP contribution in [0.3, 0.4) is 0 Å². The summed E-state index contributed by atoms with van der Waals surface area (Å²) < 4.78 is 4.83. The van der Waals surface area contributed by atoms with E-state index in [2.05, 4.69) is 16.1 Å². The molecule has 0 aromatic rings. The lowest BCUT2D eigenvalue weighted by Gasteiger charge is -2.20. The van der Waals surface area contributed by atoms with Gasteiger partial charge in [0.2, 0.25) is 11.8 Å². The number of carbonyl (C=O) groups is 4. The predicted octanol–water partition coefficient (Wildman–Crippen LogP) is 3.75. The molecule has 0 aromatic heterocycles. The molecule has 0 bridgehead atoms. The number of aliphatic hydroxyl groups is 1. The van der Waals surface area contributed by atoms with E-state index in [0.29, 0.717) is 32.2 Å². The minimum absolute atomic E-state index is 0.00120. The fourth-order valence-electron chi connectivity index (χ4n) is 4.76. The van der Waals surface area contributed by atoms with E-state index < -0.39 is 30.3 Å². The zero-order valence-corrected chi connectivity index (χ0v) is 25.7. The molecule has 0 heterocycles. The number of aliphatic carboxylic acids is 2. The van der Waals surface area contributed by atoms with Crippen molar-refractivity contribution in [2.45, 2.75) is 153 Å². The molecular weight excluding hydrogens is 544 g/mol. The van der Waals surface area contributed by atoms with Crippen LogP contribution in [0.25, 0.3) is 0 Å². The van der Waals surface area contributed by atoms with Gasteiger partial charge in [0.1, 0.15) is 6.04 Å². The van der Waals surface area contributed by atoms with Crippen LogP contribution in [0.15, 0.2) is 0 Å². The summed E-state index contributed by atoms with van der Waals surface area (Å²) in [5, 5.41) is 33.0. The normalized spacial score (nSPS) is 13.3. The Balaban J connectivity index is 3.75. The molecular formula is C30H58N4O8. The third-order valence-electron chi connectivity index (χ3n) is 7.40. The van der Waals surface area contributed by atoms with Crippen LogP contribution in [-0.4, -0.2) is 71.1 Å². The number of amides is 2. The summed E-state index contributed by atoms with van der Waals surface area (Å²) in [6.07, 6.45) is 16.8. The quantitative estimate of drug-likeness (QED) is 0.0275. The molecule has 0 rings (SSSR count). The van der Waals surface area contributed by atoms with Crippen molar-refractivity contribution < 1.29 is 39.2 Å². The molecule has 0 fully saturated rings. The molecule has 8 N–H and O–H groups in total. The number of methoxy groups -OCH3 is 1. The third kappa shape index (κ3) is 24.3. The molecule has 0 aliphatic rings. The molecule has 3 atom stereocenters. The molecule has 42 heavy (non-hydrogen) atoms. The summed E-state index contributed by atoms with van der Waals surface area (Å²) in [4.78, 5) is 46.3. The lowest BCUT2D eigenvalue weighted by atomic mass is 10.0. The summed E-state index contributed by atoms with van der Waals surface area (Å²) in [6, 6.07) is -1.50. The first kappa shape index (κ1) is 39.7. The van der Waals surface area contributed by atoms with Crippen molar-refractivity contribution in [2.24, 2.45) is 5.84 Å². The number of hydrogen-bond acceptors (Lipinski definition) is 8. The highest BCUT2D eigenvalue weighted by atomic mass is 16.6. The standard InChI is InChI=1S/C30H58N4O8/c1-42-30(41)25(34-31)18-16-17-23-32-26(35)22-21-24(29(39)40)33-27(36)19-14-12-10-8-6-4-2-3-5-7-9-11-13-15-20-28(37)38/h24-25,30,34,41H,2-23,31H2,1H3,(H,32,35)(H,33,36)(H,37,38)(H,39,40)/t24-,25-,30?/m0/s1. The van der Waals surface area contributed by atoms with Crippen molar-refractivity contribution in [3.05, 3.63) is 0 Å². The number of carbonyl (C=O) groups excluding carboxylic acids is 2. The minimum Gasteiger partial charge on any atom is -0.481 e. The second-order valence-corrected chi connectivity index (χ2v) is 11.1. The fourth-order valence-corrected chi connectivity index (χ4v) is 4.76. The van der Waals surface area contributed by atoms with Gasteiger partial charge >= 0.3 is 11.9 Å². The molecule has 0 radical (unpaired) electrons. The molecule has 0 aliphatic carbocycles. The zero-order valence-electron chi connectivity index (χ0n) is 25.7. The molecule has 1 unspecified atom stereocenters. The van der Waals surface area contributed by atoms with Crippen molar-refractivity contribution in [3.8, 4) is 0 Å². The van der Waals surface area contributed by atoms with E-state index in [-0.39, 0.29) is 37.5 Å². The van der Waals surface area contributed by atoms with Gasteiger partial charge in [0.25, 0.3) is 0 Å². The largest absolute Gasteiger partial charge is 0.481 e. The second-order valence-electron chi connectivity index (χ2n) is 11.1. The van der Waals surface area contributed by atoms with Crippen LogP contribution in [0.1, 0.15) is 135 Å². The average Bonchev–Trinajstić information content (AvgIpc) is 2.96. The van der Waals surface area contributed by atoms with E-state index in [4.69, 9.17) is 15.7 Å². The molecule has 12 heteroatoms. The van der Waals surface area contributed by atoms with E-state index in [1.54, 1.807) is 0 Å². The van der Waals surface area contributed by atoms with Crippen molar-refractivity contribution in [1.29, 1.82) is 0 Å². The van der Waals surface area contributed by atoms with Crippen LogP contribution in [0, 0.1) is 0 Å². The van der Waals surface area contributed by atoms with Crippen LogP contribution in [0.2, 0.25) is 0 Å². The Morgan fingerprint density at radius 3 is 1.62 bits per heavy atom. The SMILES string of the molecule is COC(O)[C@H](CCCCNC(=O)CC[C@H](NC(=O)CCCCCCCCCCCCCCCCC(=O)O)C(=O)O)NN. The van der Waals surface area contributed by atoms with Gasteiger partial charge in [-0.15, -0.1) is 0 Å². The van der Waals surface area contributed by atoms with E-state index in [1.807, 2.05) is 0 Å². The number of nitrogens with one attached hydrogen (secondary N) is 3. The molecule has 12 nitrogen and oxygen atoms in total. The number of ether oxygens (including phenoxy) is 1. The highest BCUT2D eigenvalue weighted by Crippen LogP contribution is 2.14. The Morgan fingerprint density at radius 1 is 0.667 bits per heavy atom. The molecule has 0 spiro atoms. The Bertz CT molecular complexity index is 725. The molecule has 246 valence electrons. The van der Waals surface area contributed by atoms with Gasteiger partial charge < -0.3 is 30.7 Å². The number of hydrazine groups is 1. The van der Waals surface area contributed by atoms with Crippen molar-refractivity contribution in [2.75, 3.05) is 13.7 Å².